The highest BCUT2D eigenvalue weighted by molar-refractivity contribution is 6.42. The fourth-order valence-electron chi connectivity index (χ4n) is 1.78. The number of anilines is 1. The minimum absolute atomic E-state index is 0.100. The lowest BCUT2D eigenvalue weighted by Gasteiger charge is -2.34. The number of hydrogen-bond donors (Lipinski definition) is 1. The molecule has 16 heavy (non-hydrogen) atoms. The van der Waals surface area contributed by atoms with Gasteiger partial charge in [-0.05, 0) is 18.2 Å². The van der Waals surface area contributed by atoms with E-state index in [2.05, 4.69) is 4.90 Å². The molecule has 5 heteroatoms. The van der Waals surface area contributed by atoms with Gasteiger partial charge in [0.1, 0.15) is 0 Å². The molecule has 2 rings (SSSR count). The maximum atomic E-state index is 5.99. The van der Waals surface area contributed by atoms with E-state index in [9.17, 15) is 0 Å². The summed E-state index contributed by atoms with van der Waals surface area (Å²) in [6.07, 6.45) is 0.100. The summed E-state index contributed by atoms with van der Waals surface area (Å²) in [5.41, 5.74) is 6.66. The highest BCUT2D eigenvalue weighted by Crippen LogP contribution is 2.27. The first-order valence-electron chi connectivity index (χ1n) is 5.22. The van der Waals surface area contributed by atoms with Crippen LogP contribution >= 0.6 is 23.2 Å². The zero-order valence-electron chi connectivity index (χ0n) is 8.83. The Morgan fingerprint density at radius 2 is 2.19 bits per heavy atom. The predicted molar refractivity (Wildman–Crippen MR) is 67.5 cm³/mol. The van der Waals surface area contributed by atoms with Crippen LogP contribution in [0.5, 0.6) is 0 Å². The van der Waals surface area contributed by atoms with Gasteiger partial charge in [0.15, 0.2) is 0 Å². The lowest BCUT2D eigenvalue weighted by atomic mass is 10.2. The summed E-state index contributed by atoms with van der Waals surface area (Å²) in [4.78, 5) is 2.21. The minimum Gasteiger partial charge on any atom is -0.373 e. The lowest BCUT2D eigenvalue weighted by molar-refractivity contribution is 0.0466. The van der Waals surface area contributed by atoms with Gasteiger partial charge in [-0.2, -0.15) is 0 Å². The number of benzene rings is 1. The van der Waals surface area contributed by atoms with Crippen LogP contribution in [-0.4, -0.2) is 32.3 Å². The molecule has 88 valence electrons. The van der Waals surface area contributed by atoms with Gasteiger partial charge < -0.3 is 15.4 Å². The zero-order chi connectivity index (χ0) is 11.5. The topological polar surface area (TPSA) is 38.5 Å². The molecule has 0 spiro atoms. The van der Waals surface area contributed by atoms with Crippen molar-refractivity contribution in [2.45, 2.75) is 6.10 Å². The van der Waals surface area contributed by atoms with Crippen molar-refractivity contribution >= 4 is 28.9 Å². The summed E-state index contributed by atoms with van der Waals surface area (Å²) in [6, 6.07) is 5.65. The van der Waals surface area contributed by atoms with Crippen LogP contribution in [-0.2, 0) is 4.74 Å². The number of rotatable bonds is 2. The molecule has 0 amide bonds. The fourth-order valence-corrected chi connectivity index (χ4v) is 2.07. The maximum absolute atomic E-state index is 5.99. The van der Waals surface area contributed by atoms with Crippen molar-refractivity contribution in [1.82, 2.24) is 0 Å². The third-order valence-electron chi connectivity index (χ3n) is 2.67. The Kier molecular flexibility index (Phi) is 3.92. The smallest absolute Gasteiger partial charge is 0.0872 e. The second-order valence-corrected chi connectivity index (χ2v) is 4.59. The van der Waals surface area contributed by atoms with E-state index in [1.54, 1.807) is 0 Å². The molecule has 0 saturated carbocycles. The van der Waals surface area contributed by atoms with Crippen molar-refractivity contribution in [3.8, 4) is 0 Å². The van der Waals surface area contributed by atoms with Crippen molar-refractivity contribution in [1.29, 1.82) is 0 Å². The highest BCUT2D eigenvalue weighted by Gasteiger charge is 2.19. The van der Waals surface area contributed by atoms with Gasteiger partial charge in [0.25, 0.3) is 0 Å². The first kappa shape index (κ1) is 12.0. The molecule has 1 saturated heterocycles. The molecule has 1 aromatic rings. The Labute approximate surface area is 105 Å². The average molecular weight is 261 g/mol. The van der Waals surface area contributed by atoms with Crippen LogP contribution in [0.4, 0.5) is 5.69 Å². The van der Waals surface area contributed by atoms with Crippen molar-refractivity contribution in [3.63, 3.8) is 0 Å². The van der Waals surface area contributed by atoms with Gasteiger partial charge in [-0.1, -0.05) is 23.2 Å². The molecule has 3 nitrogen and oxygen atoms in total. The quantitative estimate of drug-likeness (QED) is 0.886. The highest BCUT2D eigenvalue weighted by atomic mass is 35.5. The van der Waals surface area contributed by atoms with Gasteiger partial charge in [0.2, 0.25) is 0 Å². The zero-order valence-corrected chi connectivity index (χ0v) is 10.3. The molecule has 1 aliphatic heterocycles. The van der Waals surface area contributed by atoms with E-state index in [1.165, 1.54) is 0 Å². The molecule has 1 aliphatic rings. The summed E-state index contributed by atoms with van der Waals surface area (Å²) in [5, 5.41) is 1.16. The molecule has 0 radical (unpaired) electrons. The molecule has 1 atom stereocenters. The van der Waals surface area contributed by atoms with Gasteiger partial charge in [0.05, 0.1) is 22.8 Å². The minimum atomic E-state index is 0.100. The van der Waals surface area contributed by atoms with Crippen LogP contribution in [0.3, 0.4) is 0 Å². The van der Waals surface area contributed by atoms with Gasteiger partial charge in [-0.15, -0.1) is 0 Å². The first-order valence-corrected chi connectivity index (χ1v) is 5.98. The molecule has 0 aliphatic carbocycles. The van der Waals surface area contributed by atoms with Crippen LogP contribution in [0.2, 0.25) is 10.0 Å². The van der Waals surface area contributed by atoms with Gasteiger partial charge in [-0.25, -0.2) is 0 Å². The number of halogens is 2. The molecule has 2 N–H and O–H groups in total. The Balaban J connectivity index is 2.13. The first-order chi connectivity index (χ1) is 7.70. The van der Waals surface area contributed by atoms with Gasteiger partial charge in [0, 0.05) is 25.3 Å². The van der Waals surface area contributed by atoms with E-state index in [0.29, 0.717) is 23.2 Å². The molecule has 0 aromatic heterocycles. The largest absolute Gasteiger partial charge is 0.373 e. The summed E-state index contributed by atoms with van der Waals surface area (Å²) >= 11 is 11.9. The molecule has 0 unspecified atom stereocenters. The SMILES string of the molecule is NC[C@H]1CN(c2ccc(Cl)c(Cl)c2)CCO1. The lowest BCUT2D eigenvalue weighted by Crippen LogP contribution is -2.45. The summed E-state index contributed by atoms with van der Waals surface area (Å²) in [5.74, 6) is 0. The summed E-state index contributed by atoms with van der Waals surface area (Å²) in [7, 11) is 0. The van der Waals surface area contributed by atoms with E-state index >= 15 is 0 Å². The van der Waals surface area contributed by atoms with Crippen LogP contribution in [0.1, 0.15) is 0 Å². The Hall–Kier alpha value is -0.480. The van der Waals surface area contributed by atoms with Crippen LogP contribution in [0.15, 0.2) is 18.2 Å². The molecule has 1 heterocycles. The van der Waals surface area contributed by atoms with Crippen molar-refractivity contribution in [2.24, 2.45) is 5.73 Å². The number of nitrogens with zero attached hydrogens (tertiary/aromatic N) is 1. The Bertz CT molecular complexity index is 373. The van der Waals surface area contributed by atoms with Gasteiger partial charge in [-0.3, -0.25) is 0 Å². The van der Waals surface area contributed by atoms with Crippen molar-refractivity contribution < 1.29 is 4.74 Å². The van der Waals surface area contributed by atoms with Gasteiger partial charge >= 0.3 is 0 Å². The number of hydrogen-bond acceptors (Lipinski definition) is 3. The third kappa shape index (κ3) is 2.61. The van der Waals surface area contributed by atoms with Crippen molar-refractivity contribution in [3.05, 3.63) is 28.2 Å². The number of morpholine rings is 1. The van der Waals surface area contributed by atoms with E-state index in [1.807, 2.05) is 18.2 Å². The standard InChI is InChI=1S/C11H14Cl2N2O/c12-10-2-1-8(5-11(10)13)15-3-4-16-9(6-14)7-15/h1-2,5,9H,3-4,6-7,14H2/t9-/m0/s1. The van der Waals surface area contributed by atoms with E-state index in [4.69, 9.17) is 33.7 Å². The second-order valence-electron chi connectivity index (χ2n) is 3.77. The predicted octanol–water partition coefficient (Wildman–Crippen LogP) is 2.16. The van der Waals surface area contributed by atoms with E-state index in [0.717, 1.165) is 18.8 Å². The Morgan fingerprint density at radius 1 is 1.38 bits per heavy atom. The van der Waals surface area contributed by atoms with Crippen LogP contribution in [0.25, 0.3) is 0 Å². The monoisotopic (exact) mass is 260 g/mol. The Morgan fingerprint density at radius 3 is 2.88 bits per heavy atom. The third-order valence-corrected chi connectivity index (χ3v) is 3.41. The van der Waals surface area contributed by atoms with Crippen LogP contribution < -0.4 is 10.6 Å². The molecule has 1 aromatic carbocycles. The molecular weight excluding hydrogens is 247 g/mol. The number of nitrogens with two attached hydrogens (primary N) is 1. The summed E-state index contributed by atoms with van der Waals surface area (Å²) in [6.45, 7) is 2.89. The molecule has 1 fully saturated rings. The molecule has 0 bridgehead atoms. The molecular formula is C11H14Cl2N2O. The maximum Gasteiger partial charge on any atom is 0.0872 e. The average Bonchev–Trinajstić information content (AvgIpc) is 2.33. The van der Waals surface area contributed by atoms with Crippen molar-refractivity contribution in [2.75, 3.05) is 31.1 Å². The number of ether oxygens (including phenoxy) is 1. The second kappa shape index (κ2) is 5.23. The summed E-state index contributed by atoms with van der Waals surface area (Å²) < 4.78 is 5.51. The van der Waals surface area contributed by atoms with Crippen LogP contribution in [0, 0.1) is 0 Å². The normalized spacial score (nSPS) is 21.2. The van der Waals surface area contributed by atoms with E-state index < -0.39 is 0 Å². The van der Waals surface area contributed by atoms with E-state index in [-0.39, 0.29) is 6.10 Å². The fraction of sp³-hybridized carbons (Fsp3) is 0.455.